The molecule has 0 radical (unpaired) electrons. The summed E-state index contributed by atoms with van der Waals surface area (Å²) >= 11 is 1.04. The zero-order valence-corrected chi connectivity index (χ0v) is 15.6. The molecule has 136 valence electrons. The van der Waals surface area contributed by atoms with E-state index in [1.165, 1.54) is 29.1 Å². The Morgan fingerprint density at radius 2 is 2.15 bits per heavy atom. The topological polar surface area (TPSA) is 94.0 Å². The second-order valence-electron chi connectivity index (χ2n) is 5.42. The number of nitrogens with zero attached hydrogens (tertiary/aromatic N) is 3. The van der Waals surface area contributed by atoms with Crippen molar-refractivity contribution in [3.05, 3.63) is 53.0 Å². The molecule has 0 fully saturated rings. The molecule has 0 spiro atoms. The van der Waals surface area contributed by atoms with E-state index in [1.807, 2.05) is 11.6 Å². The molecule has 0 saturated carbocycles. The minimum absolute atomic E-state index is 0.0246. The number of aromatic nitrogens is 3. The van der Waals surface area contributed by atoms with Crippen LogP contribution in [0, 0.1) is 5.82 Å². The van der Waals surface area contributed by atoms with Gasteiger partial charge in [-0.2, -0.15) is 0 Å². The zero-order valence-electron chi connectivity index (χ0n) is 13.9. The average Bonchev–Trinajstić information content (AvgIpc) is 3.22. The van der Waals surface area contributed by atoms with E-state index < -0.39 is 21.7 Å². The van der Waals surface area contributed by atoms with Gasteiger partial charge in [-0.25, -0.2) is 27.5 Å². The van der Waals surface area contributed by atoms with E-state index in [4.69, 9.17) is 0 Å². The summed E-state index contributed by atoms with van der Waals surface area (Å²) in [6, 6.07) is 4.37. The molecular formula is C16H15FN4O3S2. The van der Waals surface area contributed by atoms with Gasteiger partial charge in [0.05, 0.1) is 0 Å². The van der Waals surface area contributed by atoms with Crippen molar-refractivity contribution in [2.45, 2.75) is 17.6 Å². The van der Waals surface area contributed by atoms with Gasteiger partial charge in [0.15, 0.2) is 11.6 Å². The lowest BCUT2D eigenvalue weighted by Crippen LogP contribution is -2.30. The number of hydrogen-bond donors (Lipinski definition) is 1. The molecule has 0 aromatic carbocycles. The van der Waals surface area contributed by atoms with E-state index in [0.717, 1.165) is 11.3 Å². The highest BCUT2D eigenvalue weighted by molar-refractivity contribution is 7.92. The monoisotopic (exact) mass is 394 g/mol. The van der Waals surface area contributed by atoms with Crippen molar-refractivity contribution in [1.82, 2.24) is 19.3 Å². The first-order chi connectivity index (χ1) is 12.3. The quantitative estimate of drug-likeness (QED) is 0.717. The third-order valence-corrected chi connectivity index (χ3v) is 6.54. The number of sulfonamides is 1. The molecule has 0 aliphatic heterocycles. The van der Waals surface area contributed by atoms with Crippen molar-refractivity contribution >= 4 is 27.3 Å². The van der Waals surface area contributed by atoms with Crippen molar-refractivity contribution in [2.75, 3.05) is 0 Å². The van der Waals surface area contributed by atoms with Crippen LogP contribution in [0.5, 0.6) is 0 Å². The number of aryl methyl sites for hydroxylation is 2. The molecule has 0 unspecified atom stereocenters. The standard InChI is InChI=1S/C16H15FN4O3S2/c1-3-10-6-8-25-16(10)26(23,24)20-15(22)12-9-21(2)14(19-12)13-11(17)5-4-7-18-13/h4-9H,3H2,1-2H3,(H,20,22). The molecule has 1 N–H and O–H groups in total. The Labute approximate surface area is 153 Å². The number of thiophene rings is 1. The van der Waals surface area contributed by atoms with E-state index in [9.17, 15) is 17.6 Å². The van der Waals surface area contributed by atoms with E-state index in [-0.39, 0.29) is 21.4 Å². The minimum atomic E-state index is -4.00. The zero-order chi connectivity index (χ0) is 18.9. The highest BCUT2D eigenvalue weighted by atomic mass is 32.2. The van der Waals surface area contributed by atoms with E-state index in [2.05, 4.69) is 9.97 Å². The van der Waals surface area contributed by atoms with Crippen molar-refractivity contribution < 1.29 is 17.6 Å². The van der Waals surface area contributed by atoms with Crippen LogP contribution in [0.3, 0.4) is 0 Å². The highest BCUT2D eigenvalue weighted by Gasteiger charge is 2.25. The summed E-state index contributed by atoms with van der Waals surface area (Å²) < 4.78 is 42.3. The second kappa shape index (κ2) is 6.96. The highest BCUT2D eigenvalue weighted by Crippen LogP contribution is 2.23. The van der Waals surface area contributed by atoms with Crippen LogP contribution in [-0.2, 0) is 23.5 Å². The number of hydrogen-bond acceptors (Lipinski definition) is 6. The largest absolute Gasteiger partial charge is 0.332 e. The van der Waals surface area contributed by atoms with Gasteiger partial charge in [-0.15, -0.1) is 11.3 Å². The van der Waals surface area contributed by atoms with E-state index in [0.29, 0.717) is 12.0 Å². The van der Waals surface area contributed by atoms with Gasteiger partial charge in [0.2, 0.25) is 0 Å². The number of halogens is 1. The predicted octanol–water partition coefficient (Wildman–Crippen LogP) is 2.36. The van der Waals surface area contributed by atoms with Crippen LogP contribution in [0.15, 0.2) is 40.2 Å². The number of nitrogens with one attached hydrogen (secondary N) is 1. The number of pyridine rings is 1. The van der Waals surface area contributed by atoms with Crippen LogP contribution in [0.2, 0.25) is 0 Å². The first kappa shape index (κ1) is 18.2. The minimum Gasteiger partial charge on any atom is -0.332 e. The first-order valence-corrected chi connectivity index (χ1v) is 9.97. The Morgan fingerprint density at radius 1 is 1.38 bits per heavy atom. The van der Waals surface area contributed by atoms with Crippen LogP contribution in [-0.4, -0.2) is 28.9 Å². The van der Waals surface area contributed by atoms with Crippen molar-refractivity contribution in [3.63, 3.8) is 0 Å². The Kier molecular flexibility index (Phi) is 4.88. The fraction of sp³-hybridized carbons (Fsp3) is 0.188. The van der Waals surface area contributed by atoms with Crippen LogP contribution >= 0.6 is 11.3 Å². The maximum absolute atomic E-state index is 13.9. The Hall–Kier alpha value is -2.59. The van der Waals surface area contributed by atoms with Crippen LogP contribution in [0.25, 0.3) is 11.5 Å². The molecule has 3 heterocycles. The first-order valence-electron chi connectivity index (χ1n) is 7.61. The molecule has 3 rings (SSSR count). The summed E-state index contributed by atoms with van der Waals surface area (Å²) in [6.45, 7) is 1.83. The summed E-state index contributed by atoms with van der Waals surface area (Å²) in [4.78, 5) is 20.3. The van der Waals surface area contributed by atoms with Crippen molar-refractivity contribution in [1.29, 1.82) is 0 Å². The lowest BCUT2D eigenvalue weighted by atomic mass is 10.3. The van der Waals surface area contributed by atoms with Gasteiger partial charge in [0, 0.05) is 19.4 Å². The predicted molar refractivity (Wildman–Crippen MR) is 94.7 cm³/mol. The van der Waals surface area contributed by atoms with E-state index >= 15 is 0 Å². The third-order valence-electron chi connectivity index (χ3n) is 3.64. The van der Waals surface area contributed by atoms with Gasteiger partial charge in [-0.1, -0.05) is 6.92 Å². The average molecular weight is 394 g/mol. The lowest BCUT2D eigenvalue weighted by Gasteiger charge is -2.05. The van der Waals surface area contributed by atoms with Gasteiger partial charge >= 0.3 is 0 Å². The Morgan fingerprint density at radius 3 is 2.85 bits per heavy atom. The molecule has 0 aliphatic carbocycles. The molecule has 0 aliphatic rings. The second-order valence-corrected chi connectivity index (χ2v) is 8.21. The summed E-state index contributed by atoms with van der Waals surface area (Å²) in [5.41, 5.74) is 0.460. The maximum Gasteiger partial charge on any atom is 0.285 e. The summed E-state index contributed by atoms with van der Waals surface area (Å²) in [5.74, 6) is -1.36. The van der Waals surface area contributed by atoms with Gasteiger partial charge < -0.3 is 4.57 Å². The number of carbonyl (C=O) groups is 1. The fourth-order valence-corrected chi connectivity index (χ4v) is 4.90. The molecule has 10 heteroatoms. The molecule has 26 heavy (non-hydrogen) atoms. The summed E-state index contributed by atoms with van der Waals surface area (Å²) in [6.07, 6.45) is 3.25. The number of imidazole rings is 1. The molecule has 1 amide bonds. The van der Waals surface area contributed by atoms with Crippen molar-refractivity contribution in [2.24, 2.45) is 7.05 Å². The molecular weight excluding hydrogens is 379 g/mol. The molecule has 0 saturated heterocycles. The molecule has 3 aromatic rings. The van der Waals surface area contributed by atoms with Gasteiger partial charge in [-0.05, 0) is 35.6 Å². The lowest BCUT2D eigenvalue weighted by molar-refractivity contribution is 0.0977. The van der Waals surface area contributed by atoms with Crippen molar-refractivity contribution in [3.8, 4) is 11.5 Å². The molecule has 0 bridgehead atoms. The normalized spacial score (nSPS) is 11.5. The maximum atomic E-state index is 13.9. The van der Waals surface area contributed by atoms with E-state index in [1.54, 1.807) is 18.5 Å². The van der Waals surface area contributed by atoms with Crippen LogP contribution in [0.4, 0.5) is 4.39 Å². The molecule has 0 atom stereocenters. The van der Waals surface area contributed by atoms with Gasteiger partial charge in [-0.3, -0.25) is 4.79 Å². The number of amides is 1. The summed E-state index contributed by atoms with van der Waals surface area (Å²) in [7, 11) is -2.44. The Bertz CT molecular complexity index is 1070. The third kappa shape index (κ3) is 3.37. The van der Waals surface area contributed by atoms with Crippen LogP contribution < -0.4 is 4.72 Å². The van der Waals surface area contributed by atoms with Gasteiger partial charge in [0.1, 0.15) is 15.6 Å². The number of rotatable bonds is 5. The van der Waals surface area contributed by atoms with Gasteiger partial charge in [0.25, 0.3) is 15.9 Å². The Balaban J connectivity index is 1.90. The SMILES string of the molecule is CCc1ccsc1S(=O)(=O)NC(=O)c1cn(C)c(-c2ncccc2F)n1. The smallest absolute Gasteiger partial charge is 0.285 e. The molecule has 7 nitrogen and oxygen atoms in total. The fourth-order valence-electron chi connectivity index (χ4n) is 2.39. The number of carbonyl (C=O) groups excluding carboxylic acids is 1. The summed E-state index contributed by atoms with van der Waals surface area (Å²) in [5, 5.41) is 1.65. The van der Waals surface area contributed by atoms with Crippen LogP contribution in [0.1, 0.15) is 23.0 Å². The molecule has 3 aromatic heterocycles.